The van der Waals surface area contributed by atoms with Crippen LogP contribution < -0.4 is 10.6 Å². The van der Waals surface area contributed by atoms with Gasteiger partial charge >= 0.3 is 12.0 Å². The lowest BCUT2D eigenvalue weighted by Crippen LogP contribution is -2.38. The summed E-state index contributed by atoms with van der Waals surface area (Å²) in [6, 6.07) is 13.8. The number of nitrogens with one attached hydrogen (secondary N) is 2. The second-order valence-corrected chi connectivity index (χ2v) is 8.95. The predicted molar refractivity (Wildman–Crippen MR) is 139 cm³/mol. The molecule has 1 saturated heterocycles. The molecule has 1 aliphatic heterocycles. The second-order valence-electron chi connectivity index (χ2n) is 8.95. The SMILES string of the molecule is COC(=O)c1ccc(C)c(-n2c(C)cc(/C=C3/NC(=O)N(CC(=O)Nc4cccc(C)c4)C3=O)c2C)c1. The Hall–Kier alpha value is -4.66. The number of hydrogen-bond acceptors (Lipinski definition) is 5. The van der Waals surface area contributed by atoms with Crippen molar-refractivity contribution in [3.05, 3.63) is 87.9 Å². The van der Waals surface area contributed by atoms with Crippen LogP contribution in [0.1, 0.15) is 38.4 Å². The highest BCUT2D eigenvalue weighted by Gasteiger charge is 2.35. The monoisotopic (exact) mass is 500 g/mol. The van der Waals surface area contributed by atoms with Crippen LogP contribution in [0, 0.1) is 27.7 Å². The summed E-state index contributed by atoms with van der Waals surface area (Å²) in [6.45, 7) is 7.23. The lowest BCUT2D eigenvalue weighted by Gasteiger charge is -2.14. The number of anilines is 1. The van der Waals surface area contributed by atoms with Crippen molar-refractivity contribution in [2.75, 3.05) is 19.0 Å². The number of aromatic nitrogens is 1. The highest BCUT2D eigenvalue weighted by atomic mass is 16.5. The van der Waals surface area contributed by atoms with Crippen molar-refractivity contribution in [1.29, 1.82) is 0 Å². The molecule has 9 nitrogen and oxygen atoms in total. The zero-order valence-electron chi connectivity index (χ0n) is 21.3. The first kappa shape index (κ1) is 25.4. The van der Waals surface area contributed by atoms with Crippen molar-refractivity contribution in [2.45, 2.75) is 27.7 Å². The average Bonchev–Trinajstić information content (AvgIpc) is 3.27. The first-order chi connectivity index (χ1) is 17.6. The minimum absolute atomic E-state index is 0.0774. The largest absolute Gasteiger partial charge is 0.465 e. The van der Waals surface area contributed by atoms with Crippen molar-refractivity contribution in [3.8, 4) is 5.69 Å². The molecule has 1 fully saturated rings. The molecule has 0 radical (unpaired) electrons. The van der Waals surface area contributed by atoms with E-state index < -0.39 is 30.4 Å². The van der Waals surface area contributed by atoms with E-state index in [-0.39, 0.29) is 5.70 Å². The fraction of sp³-hybridized carbons (Fsp3) is 0.214. The molecule has 1 aromatic heterocycles. The average molecular weight is 501 g/mol. The molecular weight excluding hydrogens is 472 g/mol. The number of nitrogens with zero attached hydrogens (tertiary/aromatic N) is 2. The number of amides is 4. The van der Waals surface area contributed by atoms with Gasteiger partial charge in [0.1, 0.15) is 12.2 Å². The van der Waals surface area contributed by atoms with Crippen LogP contribution in [0.25, 0.3) is 11.8 Å². The fourth-order valence-electron chi connectivity index (χ4n) is 4.34. The second kappa shape index (κ2) is 10.1. The quantitative estimate of drug-likeness (QED) is 0.302. The third-order valence-electron chi connectivity index (χ3n) is 6.21. The van der Waals surface area contributed by atoms with Gasteiger partial charge in [-0.3, -0.25) is 9.59 Å². The third kappa shape index (κ3) is 5.16. The maximum absolute atomic E-state index is 13.0. The van der Waals surface area contributed by atoms with Crippen LogP contribution in [0.5, 0.6) is 0 Å². The molecule has 4 rings (SSSR count). The Bertz CT molecular complexity index is 1470. The fourth-order valence-corrected chi connectivity index (χ4v) is 4.34. The molecule has 190 valence electrons. The van der Waals surface area contributed by atoms with Gasteiger partial charge in [0.25, 0.3) is 5.91 Å². The Labute approximate surface area is 214 Å². The van der Waals surface area contributed by atoms with E-state index >= 15 is 0 Å². The Morgan fingerprint density at radius 2 is 1.78 bits per heavy atom. The molecular formula is C28H28N4O5. The lowest BCUT2D eigenvalue weighted by atomic mass is 10.1. The van der Waals surface area contributed by atoms with E-state index in [1.54, 1.807) is 30.3 Å². The minimum Gasteiger partial charge on any atom is -0.465 e. The maximum Gasteiger partial charge on any atom is 0.337 e. The number of urea groups is 1. The third-order valence-corrected chi connectivity index (χ3v) is 6.21. The summed E-state index contributed by atoms with van der Waals surface area (Å²) >= 11 is 0. The molecule has 0 saturated carbocycles. The molecule has 0 unspecified atom stereocenters. The summed E-state index contributed by atoms with van der Waals surface area (Å²) in [5, 5.41) is 5.27. The number of benzene rings is 2. The highest BCUT2D eigenvalue weighted by Crippen LogP contribution is 2.27. The number of rotatable bonds is 6. The standard InChI is InChI=1S/C28H28N4O5/c1-16-7-6-8-22(11-16)29-25(33)15-31-26(34)23(30-28(31)36)13-21-12-18(3)32(19(21)4)24-14-20(27(35)37-5)10-9-17(24)2/h6-14H,15H2,1-5H3,(H,29,33)(H,30,36)/b23-13+. The van der Waals surface area contributed by atoms with Gasteiger partial charge in [0, 0.05) is 22.8 Å². The number of aryl methyl sites for hydroxylation is 3. The normalized spacial score (nSPS) is 14.2. The number of carbonyl (C=O) groups excluding carboxylic acids is 4. The molecule has 9 heteroatoms. The van der Waals surface area contributed by atoms with Gasteiger partial charge in [-0.2, -0.15) is 0 Å². The summed E-state index contributed by atoms with van der Waals surface area (Å²) < 4.78 is 6.83. The van der Waals surface area contributed by atoms with Crippen LogP contribution >= 0.6 is 0 Å². The van der Waals surface area contributed by atoms with Gasteiger partial charge in [-0.15, -0.1) is 0 Å². The van der Waals surface area contributed by atoms with Gasteiger partial charge in [0.05, 0.1) is 12.7 Å². The van der Waals surface area contributed by atoms with E-state index in [4.69, 9.17) is 4.74 Å². The van der Waals surface area contributed by atoms with Crippen LogP contribution in [-0.4, -0.2) is 46.9 Å². The molecule has 0 spiro atoms. The summed E-state index contributed by atoms with van der Waals surface area (Å²) in [6.07, 6.45) is 1.59. The maximum atomic E-state index is 13.0. The van der Waals surface area contributed by atoms with Crippen molar-refractivity contribution in [1.82, 2.24) is 14.8 Å². The van der Waals surface area contributed by atoms with E-state index in [2.05, 4.69) is 10.6 Å². The Balaban J connectivity index is 1.57. The highest BCUT2D eigenvalue weighted by molar-refractivity contribution is 6.16. The molecule has 2 N–H and O–H groups in total. The van der Waals surface area contributed by atoms with Crippen LogP contribution in [0.2, 0.25) is 0 Å². The van der Waals surface area contributed by atoms with Crippen LogP contribution in [0.15, 0.2) is 54.2 Å². The summed E-state index contributed by atoms with van der Waals surface area (Å²) in [5.41, 5.74) is 6.23. The molecule has 2 aromatic carbocycles. The Morgan fingerprint density at radius 1 is 1.03 bits per heavy atom. The number of ether oxygens (including phenoxy) is 1. The number of hydrogen-bond donors (Lipinski definition) is 2. The smallest absolute Gasteiger partial charge is 0.337 e. The predicted octanol–water partition coefficient (Wildman–Crippen LogP) is 4.03. The van der Waals surface area contributed by atoms with Crippen LogP contribution in [-0.2, 0) is 14.3 Å². The first-order valence-electron chi connectivity index (χ1n) is 11.7. The summed E-state index contributed by atoms with van der Waals surface area (Å²) in [7, 11) is 1.33. The number of carbonyl (C=O) groups is 4. The number of imide groups is 1. The molecule has 3 aromatic rings. The molecule has 0 aliphatic carbocycles. The van der Waals surface area contributed by atoms with Crippen LogP contribution in [0.4, 0.5) is 10.5 Å². The summed E-state index contributed by atoms with van der Waals surface area (Å²) in [5.74, 6) is -1.50. The van der Waals surface area contributed by atoms with E-state index in [0.29, 0.717) is 11.3 Å². The zero-order valence-corrected chi connectivity index (χ0v) is 21.3. The summed E-state index contributed by atoms with van der Waals surface area (Å²) in [4.78, 5) is 50.9. The van der Waals surface area contributed by atoms with Crippen LogP contribution in [0.3, 0.4) is 0 Å². The molecule has 0 atom stereocenters. The molecule has 0 bridgehead atoms. The van der Waals surface area contributed by atoms with Crippen molar-refractivity contribution < 1.29 is 23.9 Å². The van der Waals surface area contributed by atoms with Crippen molar-refractivity contribution in [2.24, 2.45) is 0 Å². The van der Waals surface area contributed by atoms with E-state index in [0.717, 1.165) is 38.7 Å². The topological polar surface area (TPSA) is 110 Å². The van der Waals surface area contributed by atoms with Gasteiger partial charge < -0.3 is 19.9 Å². The van der Waals surface area contributed by atoms with E-state index in [1.807, 2.05) is 56.5 Å². The molecule has 1 aliphatic rings. The Morgan fingerprint density at radius 3 is 2.49 bits per heavy atom. The lowest BCUT2D eigenvalue weighted by molar-refractivity contribution is -0.127. The van der Waals surface area contributed by atoms with Crippen molar-refractivity contribution in [3.63, 3.8) is 0 Å². The van der Waals surface area contributed by atoms with Crippen molar-refractivity contribution >= 4 is 35.6 Å². The van der Waals surface area contributed by atoms with Gasteiger partial charge in [0.2, 0.25) is 5.91 Å². The Kier molecular flexibility index (Phi) is 6.97. The zero-order chi connectivity index (χ0) is 26.9. The van der Waals surface area contributed by atoms with E-state index in [9.17, 15) is 19.2 Å². The molecule has 4 amide bonds. The van der Waals surface area contributed by atoms with Gasteiger partial charge in [-0.05, 0) is 80.8 Å². The molecule has 2 heterocycles. The minimum atomic E-state index is -0.661. The van der Waals surface area contributed by atoms with Gasteiger partial charge in [-0.1, -0.05) is 18.2 Å². The van der Waals surface area contributed by atoms with Gasteiger partial charge in [-0.25, -0.2) is 14.5 Å². The van der Waals surface area contributed by atoms with E-state index in [1.165, 1.54) is 7.11 Å². The first-order valence-corrected chi connectivity index (χ1v) is 11.7. The number of esters is 1. The molecule has 37 heavy (non-hydrogen) atoms. The van der Waals surface area contributed by atoms with Gasteiger partial charge in [0.15, 0.2) is 0 Å². The number of methoxy groups -OCH3 is 1.